The van der Waals surface area contributed by atoms with Crippen molar-refractivity contribution < 1.29 is 0 Å². The number of anilines is 1. The summed E-state index contributed by atoms with van der Waals surface area (Å²) in [5, 5.41) is 14.9. The van der Waals surface area contributed by atoms with Crippen LogP contribution in [0.5, 0.6) is 0 Å². The van der Waals surface area contributed by atoms with Gasteiger partial charge in [0.05, 0.1) is 0 Å². The van der Waals surface area contributed by atoms with Crippen molar-refractivity contribution >= 4 is 5.95 Å². The SMILES string of the molecule is CNCCC1CCCCN1c1nnnn1C. The Morgan fingerprint density at radius 3 is 3.00 bits per heavy atom. The summed E-state index contributed by atoms with van der Waals surface area (Å²) >= 11 is 0. The normalized spacial score (nSPS) is 21.4. The van der Waals surface area contributed by atoms with E-state index in [0.29, 0.717) is 6.04 Å². The molecule has 0 radical (unpaired) electrons. The zero-order valence-electron chi connectivity index (χ0n) is 10.1. The van der Waals surface area contributed by atoms with E-state index in [4.69, 9.17) is 0 Å². The molecule has 1 fully saturated rings. The van der Waals surface area contributed by atoms with Crippen LogP contribution >= 0.6 is 0 Å². The van der Waals surface area contributed by atoms with Gasteiger partial charge in [-0.1, -0.05) is 5.10 Å². The lowest BCUT2D eigenvalue weighted by molar-refractivity contribution is 0.422. The maximum atomic E-state index is 4.11. The molecular formula is C10H20N6. The molecule has 1 aromatic heterocycles. The predicted octanol–water partition coefficient (Wildman–Crippen LogP) is 0.178. The minimum atomic E-state index is 0.575. The van der Waals surface area contributed by atoms with E-state index in [1.807, 2.05) is 14.1 Å². The third kappa shape index (κ3) is 2.32. The average Bonchev–Trinajstić information content (AvgIpc) is 2.73. The molecule has 0 saturated carbocycles. The fraction of sp³-hybridized carbons (Fsp3) is 0.900. The van der Waals surface area contributed by atoms with Crippen molar-refractivity contribution in [2.24, 2.45) is 7.05 Å². The molecule has 16 heavy (non-hydrogen) atoms. The number of tetrazole rings is 1. The Bertz CT molecular complexity index is 323. The molecule has 1 saturated heterocycles. The number of piperidine rings is 1. The Morgan fingerprint density at radius 2 is 2.31 bits per heavy atom. The lowest BCUT2D eigenvalue weighted by atomic mass is 10.00. The van der Waals surface area contributed by atoms with Crippen LogP contribution in [0, 0.1) is 0 Å². The highest BCUT2D eigenvalue weighted by Crippen LogP contribution is 2.23. The number of rotatable bonds is 4. The summed E-state index contributed by atoms with van der Waals surface area (Å²) in [5.74, 6) is 0.904. The molecule has 6 nitrogen and oxygen atoms in total. The van der Waals surface area contributed by atoms with E-state index >= 15 is 0 Å². The molecule has 2 heterocycles. The van der Waals surface area contributed by atoms with Crippen LogP contribution in [0.4, 0.5) is 5.95 Å². The summed E-state index contributed by atoms with van der Waals surface area (Å²) < 4.78 is 1.76. The fourth-order valence-electron chi connectivity index (χ4n) is 2.34. The number of nitrogens with one attached hydrogen (secondary N) is 1. The van der Waals surface area contributed by atoms with Gasteiger partial charge >= 0.3 is 0 Å². The molecule has 1 atom stereocenters. The second-order valence-corrected chi connectivity index (χ2v) is 4.34. The summed E-state index contributed by atoms with van der Waals surface area (Å²) in [6.07, 6.45) is 4.96. The van der Waals surface area contributed by atoms with Crippen LogP contribution in [0.25, 0.3) is 0 Å². The molecule has 0 spiro atoms. The first-order valence-electron chi connectivity index (χ1n) is 5.96. The highest BCUT2D eigenvalue weighted by Gasteiger charge is 2.25. The molecular weight excluding hydrogens is 204 g/mol. The summed E-state index contributed by atoms with van der Waals surface area (Å²) in [4.78, 5) is 2.35. The van der Waals surface area contributed by atoms with Crippen molar-refractivity contribution in [2.75, 3.05) is 25.0 Å². The topological polar surface area (TPSA) is 58.9 Å². The molecule has 0 aromatic carbocycles. The molecule has 0 amide bonds. The minimum Gasteiger partial charge on any atom is -0.337 e. The van der Waals surface area contributed by atoms with E-state index in [9.17, 15) is 0 Å². The van der Waals surface area contributed by atoms with Crippen molar-refractivity contribution in [3.05, 3.63) is 0 Å². The average molecular weight is 224 g/mol. The number of aryl methyl sites for hydroxylation is 1. The molecule has 2 rings (SSSR count). The highest BCUT2D eigenvalue weighted by atomic mass is 15.6. The Labute approximate surface area is 96.0 Å². The maximum absolute atomic E-state index is 4.11. The van der Waals surface area contributed by atoms with E-state index in [1.54, 1.807) is 4.68 Å². The monoisotopic (exact) mass is 224 g/mol. The minimum absolute atomic E-state index is 0.575. The molecule has 1 N–H and O–H groups in total. The van der Waals surface area contributed by atoms with Crippen molar-refractivity contribution in [3.8, 4) is 0 Å². The molecule has 1 aliphatic heterocycles. The first-order valence-corrected chi connectivity index (χ1v) is 5.96. The molecule has 90 valence electrons. The van der Waals surface area contributed by atoms with Gasteiger partial charge in [-0.25, -0.2) is 4.68 Å². The molecule has 6 heteroatoms. The molecule has 1 aromatic rings. The van der Waals surface area contributed by atoms with E-state index in [1.165, 1.54) is 19.3 Å². The molecule has 0 bridgehead atoms. The van der Waals surface area contributed by atoms with Gasteiger partial charge in [0.25, 0.3) is 0 Å². The molecule has 1 aliphatic rings. The lowest BCUT2D eigenvalue weighted by Gasteiger charge is -2.35. The van der Waals surface area contributed by atoms with Gasteiger partial charge < -0.3 is 10.2 Å². The van der Waals surface area contributed by atoms with Crippen molar-refractivity contribution in [3.63, 3.8) is 0 Å². The van der Waals surface area contributed by atoms with Crippen LogP contribution in [0.2, 0.25) is 0 Å². The van der Waals surface area contributed by atoms with E-state index in [0.717, 1.165) is 25.5 Å². The number of nitrogens with zero attached hydrogens (tertiary/aromatic N) is 5. The maximum Gasteiger partial charge on any atom is 0.245 e. The second kappa shape index (κ2) is 5.25. The third-order valence-electron chi connectivity index (χ3n) is 3.21. The van der Waals surface area contributed by atoms with Crippen LogP contribution in [0.15, 0.2) is 0 Å². The smallest absolute Gasteiger partial charge is 0.245 e. The van der Waals surface area contributed by atoms with Crippen LogP contribution in [-0.2, 0) is 7.05 Å². The van der Waals surface area contributed by atoms with Gasteiger partial charge in [0, 0.05) is 19.6 Å². The van der Waals surface area contributed by atoms with Gasteiger partial charge in [-0.2, -0.15) is 0 Å². The predicted molar refractivity (Wildman–Crippen MR) is 62.3 cm³/mol. The lowest BCUT2D eigenvalue weighted by Crippen LogP contribution is -2.42. The van der Waals surface area contributed by atoms with Crippen molar-refractivity contribution in [1.82, 2.24) is 25.5 Å². The summed E-state index contributed by atoms with van der Waals surface area (Å²) in [6, 6.07) is 0.575. The Balaban J connectivity index is 2.07. The number of aromatic nitrogens is 4. The first-order chi connectivity index (χ1) is 7.83. The van der Waals surface area contributed by atoms with Gasteiger partial charge in [-0.15, -0.1) is 0 Å². The van der Waals surface area contributed by atoms with Gasteiger partial charge in [-0.05, 0) is 49.7 Å². The Kier molecular flexibility index (Phi) is 3.71. The number of hydrogen-bond acceptors (Lipinski definition) is 5. The van der Waals surface area contributed by atoms with Gasteiger partial charge in [0.1, 0.15) is 0 Å². The van der Waals surface area contributed by atoms with Crippen molar-refractivity contribution in [2.45, 2.75) is 31.7 Å². The van der Waals surface area contributed by atoms with Gasteiger partial charge in [-0.3, -0.25) is 0 Å². The summed E-state index contributed by atoms with van der Waals surface area (Å²) in [7, 11) is 3.90. The van der Waals surface area contributed by atoms with Crippen LogP contribution in [0.1, 0.15) is 25.7 Å². The molecule has 1 unspecified atom stereocenters. The van der Waals surface area contributed by atoms with Crippen molar-refractivity contribution in [1.29, 1.82) is 0 Å². The van der Waals surface area contributed by atoms with E-state index < -0.39 is 0 Å². The first kappa shape index (κ1) is 11.3. The van der Waals surface area contributed by atoms with Crippen LogP contribution < -0.4 is 10.2 Å². The van der Waals surface area contributed by atoms with Crippen LogP contribution in [-0.4, -0.2) is 46.4 Å². The zero-order chi connectivity index (χ0) is 11.4. The molecule has 0 aliphatic carbocycles. The Morgan fingerprint density at radius 1 is 1.44 bits per heavy atom. The highest BCUT2D eigenvalue weighted by molar-refractivity contribution is 5.30. The summed E-state index contributed by atoms with van der Waals surface area (Å²) in [6.45, 7) is 2.12. The fourth-order valence-corrected chi connectivity index (χ4v) is 2.34. The standard InChI is InChI=1S/C10H20N6/c1-11-7-6-9-5-3-4-8-16(9)10-12-13-14-15(10)2/h9,11H,3-8H2,1-2H3. The van der Waals surface area contributed by atoms with Gasteiger partial charge in [0.2, 0.25) is 5.95 Å². The quantitative estimate of drug-likeness (QED) is 0.790. The van der Waals surface area contributed by atoms with Gasteiger partial charge in [0.15, 0.2) is 0 Å². The number of hydrogen-bond donors (Lipinski definition) is 1. The van der Waals surface area contributed by atoms with E-state index in [2.05, 4.69) is 25.7 Å². The summed E-state index contributed by atoms with van der Waals surface area (Å²) in [5.41, 5.74) is 0. The second-order valence-electron chi connectivity index (χ2n) is 4.34. The zero-order valence-corrected chi connectivity index (χ0v) is 10.1. The van der Waals surface area contributed by atoms with Crippen LogP contribution in [0.3, 0.4) is 0 Å². The Hall–Kier alpha value is -1.17. The largest absolute Gasteiger partial charge is 0.337 e. The van der Waals surface area contributed by atoms with E-state index in [-0.39, 0.29) is 0 Å². The third-order valence-corrected chi connectivity index (χ3v) is 3.21.